The van der Waals surface area contributed by atoms with Crippen molar-refractivity contribution >= 4 is 50.0 Å². The van der Waals surface area contributed by atoms with Crippen molar-refractivity contribution in [1.82, 2.24) is 14.5 Å². The summed E-state index contributed by atoms with van der Waals surface area (Å²) < 4.78 is 2.19. The zero-order valence-electron chi connectivity index (χ0n) is 16.1. The first-order valence-electron chi connectivity index (χ1n) is 9.04. The second-order valence-electron chi connectivity index (χ2n) is 6.45. The molecule has 0 unspecified atom stereocenters. The largest absolute Gasteiger partial charge is 0.301 e. The van der Waals surface area contributed by atoms with E-state index in [4.69, 9.17) is 0 Å². The number of benzene rings is 2. The van der Waals surface area contributed by atoms with Gasteiger partial charge in [0.2, 0.25) is 5.91 Å². The summed E-state index contributed by atoms with van der Waals surface area (Å²) in [4.78, 5) is 44.1. The van der Waals surface area contributed by atoms with Gasteiger partial charge in [-0.05, 0) is 25.1 Å². The van der Waals surface area contributed by atoms with Crippen LogP contribution in [-0.2, 0) is 4.79 Å². The Labute approximate surface area is 183 Å². The second kappa shape index (κ2) is 8.66. The highest BCUT2D eigenvalue weighted by atomic mass is 32.2. The summed E-state index contributed by atoms with van der Waals surface area (Å²) in [5, 5.41) is 14.4. The molecule has 2 aromatic heterocycles. The normalized spacial score (nSPS) is 10.9. The molecule has 0 spiro atoms. The molecular weight excluding hydrogens is 438 g/mol. The van der Waals surface area contributed by atoms with Crippen LogP contribution in [0, 0.1) is 17.0 Å². The molecule has 0 fully saturated rings. The Kier molecular flexibility index (Phi) is 5.78. The lowest BCUT2D eigenvalue weighted by atomic mass is 10.3. The van der Waals surface area contributed by atoms with Crippen LogP contribution in [0.3, 0.4) is 0 Å². The summed E-state index contributed by atoms with van der Waals surface area (Å²) in [5.74, 6) is -0.312. The van der Waals surface area contributed by atoms with Crippen molar-refractivity contribution in [3.63, 3.8) is 0 Å². The molecule has 4 rings (SSSR count). The molecule has 0 bridgehead atoms. The number of nitrogens with one attached hydrogen (secondary N) is 1. The molecule has 0 aliphatic rings. The summed E-state index contributed by atoms with van der Waals surface area (Å²) in [6.07, 6.45) is 0. The smallest absolute Gasteiger partial charge is 0.271 e. The van der Waals surface area contributed by atoms with Gasteiger partial charge in [-0.2, -0.15) is 0 Å². The third kappa shape index (κ3) is 4.62. The van der Waals surface area contributed by atoms with E-state index < -0.39 is 4.92 Å². The monoisotopic (exact) mass is 453 g/mol. The van der Waals surface area contributed by atoms with Crippen molar-refractivity contribution in [2.24, 2.45) is 0 Å². The Morgan fingerprint density at radius 2 is 1.97 bits per heavy atom. The van der Waals surface area contributed by atoms with Crippen molar-refractivity contribution in [2.45, 2.75) is 12.1 Å². The molecule has 156 valence electrons. The Hall–Kier alpha value is -3.57. The number of para-hydroxylation sites is 1. The topological polar surface area (TPSA) is 120 Å². The highest BCUT2D eigenvalue weighted by Gasteiger charge is 2.15. The van der Waals surface area contributed by atoms with Crippen LogP contribution in [0.1, 0.15) is 5.69 Å². The Bertz CT molecular complexity index is 1350. The number of thioether (sulfide) groups is 1. The zero-order chi connectivity index (χ0) is 22.0. The molecule has 2 aromatic carbocycles. The standard InChI is InChI=1S/C20H15N5O4S2/c1-12-9-18(27)24(13-5-3-2-4-6-13)20(21-12)30-11-17(26)23-19-22-15-10-14(25(28)29)7-8-16(15)31-19/h2-10H,11H2,1H3,(H,22,23,26). The fraction of sp³-hybridized carbons (Fsp3) is 0.100. The Balaban J connectivity index is 1.51. The third-order valence-corrected chi connectivity index (χ3v) is 6.08. The number of hydrogen-bond donors (Lipinski definition) is 1. The number of aromatic nitrogens is 3. The third-order valence-electron chi connectivity index (χ3n) is 4.19. The molecule has 31 heavy (non-hydrogen) atoms. The number of anilines is 1. The number of amides is 1. The van der Waals surface area contributed by atoms with Crippen LogP contribution in [0.4, 0.5) is 10.8 Å². The minimum Gasteiger partial charge on any atom is -0.301 e. The summed E-state index contributed by atoms with van der Waals surface area (Å²) in [6.45, 7) is 1.72. The van der Waals surface area contributed by atoms with Gasteiger partial charge in [-0.25, -0.2) is 9.97 Å². The van der Waals surface area contributed by atoms with Gasteiger partial charge in [-0.15, -0.1) is 0 Å². The number of nitrogens with zero attached hydrogens (tertiary/aromatic N) is 4. The molecule has 11 heteroatoms. The highest BCUT2D eigenvalue weighted by molar-refractivity contribution is 7.99. The molecule has 1 amide bonds. The summed E-state index contributed by atoms with van der Waals surface area (Å²) in [5.41, 5.74) is 1.38. The van der Waals surface area contributed by atoms with Crippen LogP contribution in [0.5, 0.6) is 0 Å². The minimum absolute atomic E-state index is 0.0127. The Morgan fingerprint density at radius 3 is 2.71 bits per heavy atom. The number of nitro benzene ring substituents is 1. The molecule has 4 aromatic rings. The van der Waals surface area contributed by atoms with Crippen LogP contribution in [0.2, 0.25) is 0 Å². The highest BCUT2D eigenvalue weighted by Crippen LogP contribution is 2.29. The average molecular weight is 454 g/mol. The van der Waals surface area contributed by atoms with Crippen molar-refractivity contribution in [2.75, 3.05) is 11.1 Å². The number of carbonyl (C=O) groups is 1. The van der Waals surface area contributed by atoms with Gasteiger partial charge in [0.1, 0.15) is 0 Å². The molecule has 1 N–H and O–H groups in total. The molecule has 2 heterocycles. The van der Waals surface area contributed by atoms with E-state index >= 15 is 0 Å². The van der Waals surface area contributed by atoms with Gasteiger partial charge in [-0.3, -0.25) is 24.3 Å². The molecule has 0 radical (unpaired) electrons. The number of rotatable bonds is 6. The van der Waals surface area contributed by atoms with Gasteiger partial charge in [0.25, 0.3) is 11.2 Å². The Morgan fingerprint density at radius 1 is 1.19 bits per heavy atom. The number of non-ortho nitro benzene ring substituents is 1. The van der Waals surface area contributed by atoms with E-state index in [9.17, 15) is 19.7 Å². The number of hydrogen-bond acceptors (Lipinski definition) is 8. The maximum atomic E-state index is 12.5. The van der Waals surface area contributed by atoms with Crippen LogP contribution in [0.25, 0.3) is 15.9 Å². The lowest BCUT2D eigenvalue weighted by molar-refractivity contribution is -0.384. The zero-order valence-corrected chi connectivity index (χ0v) is 17.8. The maximum absolute atomic E-state index is 12.5. The fourth-order valence-electron chi connectivity index (χ4n) is 2.85. The average Bonchev–Trinajstić information content (AvgIpc) is 3.13. The van der Waals surface area contributed by atoms with Gasteiger partial charge in [0.15, 0.2) is 10.3 Å². The molecule has 0 saturated heterocycles. The van der Waals surface area contributed by atoms with E-state index in [1.807, 2.05) is 18.2 Å². The van der Waals surface area contributed by atoms with Gasteiger partial charge in [0.05, 0.1) is 26.6 Å². The summed E-state index contributed by atoms with van der Waals surface area (Å²) in [7, 11) is 0. The van der Waals surface area contributed by atoms with E-state index in [0.29, 0.717) is 27.2 Å². The quantitative estimate of drug-likeness (QED) is 0.204. The number of thiazole rings is 1. The van der Waals surface area contributed by atoms with E-state index in [-0.39, 0.29) is 22.9 Å². The van der Waals surface area contributed by atoms with Gasteiger partial charge in [0, 0.05) is 23.9 Å². The van der Waals surface area contributed by atoms with E-state index in [1.165, 1.54) is 34.1 Å². The first kappa shape index (κ1) is 20.7. The van der Waals surface area contributed by atoms with Crippen LogP contribution < -0.4 is 10.9 Å². The van der Waals surface area contributed by atoms with E-state index in [0.717, 1.165) is 16.5 Å². The van der Waals surface area contributed by atoms with E-state index in [2.05, 4.69) is 15.3 Å². The van der Waals surface area contributed by atoms with Crippen LogP contribution >= 0.6 is 23.1 Å². The van der Waals surface area contributed by atoms with Gasteiger partial charge < -0.3 is 5.32 Å². The van der Waals surface area contributed by atoms with Crippen LogP contribution in [-0.4, -0.2) is 31.1 Å². The predicted octanol–water partition coefficient (Wildman–Crippen LogP) is 3.79. The summed E-state index contributed by atoms with van der Waals surface area (Å²) >= 11 is 2.37. The first-order chi connectivity index (χ1) is 14.9. The molecule has 0 aliphatic carbocycles. The maximum Gasteiger partial charge on any atom is 0.271 e. The lowest BCUT2D eigenvalue weighted by Gasteiger charge is -2.11. The minimum atomic E-state index is -0.491. The van der Waals surface area contributed by atoms with E-state index in [1.54, 1.807) is 25.1 Å². The number of carbonyl (C=O) groups excluding carboxylic acids is 1. The summed E-state index contributed by atoms with van der Waals surface area (Å²) in [6, 6.07) is 14.9. The van der Waals surface area contributed by atoms with Crippen molar-refractivity contribution in [1.29, 1.82) is 0 Å². The molecule has 0 aliphatic heterocycles. The number of nitro groups is 1. The fourth-order valence-corrected chi connectivity index (χ4v) is 4.58. The second-order valence-corrected chi connectivity index (χ2v) is 8.43. The SMILES string of the molecule is Cc1cc(=O)n(-c2ccccc2)c(SCC(=O)Nc2nc3cc([N+](=O)[O-])ccc3s2)n1. The van der Waals surface area contributed by atoms with Gasteiger partial charge in [-0.1, -0.05) is 41.3 Å². The number of fused-ring (bicyclic) bond motifs is 1. The van der Waals surface area contributed by atoms with Crippen molar-refractivity contribution in [3.8, 4) is 5.69 Å². The molecule has 0 atom stereocenters. The molecule has 9 nitrogen and oxygen atoms in total. The van der Waals surface area contributed by atoms with Crippen molar-refractivity contribution in [3.05, 3.63) is 80.8 Å². The van der Waals surface area contributed by atoms with Gasteiger partial charge >= 0.3 is 0 Å². The molecule has 0 saturated carbocycles. The van der Waals surface area contributed by atoms with Crippen molar-refractivity contribution < 1.29 is 9.72 Å². The first-order valence-corrected chi connectivity index (χ1v) is 10.8. The molecular formula is C20H15N5O4S2. The number of aryl methyl sites for hydroxylation is 1. The predicted molar refractivity (Wildman–Crippen MR) is 120 cm³/mol. The lowest BCUT2D eigenvalue weighted by Crippen LogP contribution is -2.22. The van der Waals surface area contributed by atoms with Crippen LogP contribution in [0.15, 0.2) is 64.5 Å².